The summed E-state index contributed by atoms with van der Waals surface area (Å²) in [6.45, 7) is 12.4. The molecule has 23 heavy (non-hydrogen) atoms. The highest BCUT2D eigenvalue weighted by atomic mass is 16.1. The molecule has 1 rings (SSSR count). The number of carbonyl (C=O) groups is 1. The van der Waals surface area contributed by atoms with Crippen molar-refractivity contribution in [1.29, 1.82) is 0 Å². The molecule has 1 amide bonds. The zero-order chi connectivity index (χ0) is 17.3. The lowest BCUT2D eigenvalue weighted by molar-refractivity contribution is -0.697. The fourth-order valence-electron chi connectivity index (χ4n) is 2.98. The number of hydrogen-bond acceptors (Lipinski definition) is 1. The van der Waals surface area contributed by atoms with Gasteiger partial charge < -0.3 is 5.32 Å². The highest BCUT2D eigenvalue weighted by Crippen LogP contribution is 2.28. The van der Waals surface area contributed by atoms with Crippen molar-refractivity contribution in [3.8, 4) is 0 Å². The Morgan fingerprint density at radius 2 is 1.78 bits per heavy atom. The van der Waals surface area contributed by atoms with Gasteiger partial charge in [-0.1, -0.05) is 47.5 Å². The maximum absolute atomic E-state index is 12.3. The number of carbonyl (C=O) groups excluding carboxylic acids is 1. The predicted octanol–water partition coefficient (Wildman–Crippen LogP) is 4.24. The van der Waals surface area contributed by atoms with E-state index in [1.54, 1.807) is 0 Å². The fraction of sp³-hybridized carbons (Fsp3) is 0.700. The van der Waals surface area contributed by atoms with Crippen LogP contribution < -0.4 is 9.88 Å². The Kier molecular flexibility index (Phi) is 8.29. The summed E-state index contributed by atoms with van der Waals surface area (Å²) in [7, 11) is 0. The van der Waals surface area contributed by atoms with Crippen LogP contribution in [0.2, 0.25) is 0 Å². The molecule has 1 atom stereocenters. The van der Waals surface area contributed by atoms with Gasteiger partial charge in [0, 0.05) is 31.0 Å². The predicted molar refractivity (Wildman–Crippen MR) is 95.9 cm³/mol. The molecule has 0 saturated carbocycles. The second kappa shape index (κ2) is 9.69. The number of aryl methyl sites for hydroxylation is 1. The van der Waals surface area contributed by atoms with Gasteiger partial charge in [0.05, 0.1) is 0 Å². The lowest BCUT2D eigenvalue weighted by Crippen LogP contribution is -2.37. The lowest BCUT2D eigenvalue weighted by Gasteiger charge is -2.28. The Morgan fingerprint density at radius 1 is 1.13 bits per heavy atom. The Hall–Kier alpha value is -1.38. The largest absolute Gasteiger partial charge is 0.352 e. The van der Waals surface area contributed by atoms with Crippen molar-refractivity contribution < 1.29 is 9.36 Å². The van der Waals surface area contributed by atoms with Gasteiger partial charge in [-0.25, -0.2) is 4.57 Å². The quantitative estimate of drug-likeness (QED) is 0.536. The highest BCUT2D eigenvalue weighted by Gasteiger charge is 2.29. The zero-order valence-corrected chi connectivity index (χ0v) is 15.7. The molecule has 0 aliphatic heterocycles. The van der Waals surface area contributed by atoms with E-state index in [4.69, 9.17) is 0 Å². The van der Waals surface area contributed by atoms with Crippen LogP contribution in [0.5, 0.6) is 0 Å². The summed E-state index contributed by atoms with van der Waals surface area (Å²) in [6.07, 6.45) is 10.2. The average molecular weight is 320 g/mol. The van der Waals surface area contributed by atoms with Crippen LogP contribution in [0.1, 0.15) is 72.3 Å². The molecule has 3 heteroatoms. The van der Waals surface area contributed by atoms with Crippen LogP contribution in [0.15, 0.2) is 24.5 Å². The molecule has 0 saturated heterocycles. The molecular weight excluding hydrogens is 284 g/mol. The Morgan fingerprint density at radius 3 is 2.30 bits per heavy atom. The molecule has 0 fully saturated rings. The molecule has 0 bridgehead atoms. The van der Waals surface area contributed by atoms with E-state index in [2.05, 4.69) is 69.0 Å². The number of rotatable bonds is 9. The Balaban J connectivity index is 2.44. The summed E-state index contributed by atoms with van der Waals surface area (Å²) in [5.74, 6) is 0.228. The third-order valence-electron chi connectivity index (χ3n) is 4.47. The Bertz CT molecular complexity index is 460. The van der Waals surface area contributed by atoms with Crippen molar-refractivity contribution in [2.24, 2.45) is 11.3 Å². The van der Waals surface area contributed by atoms with Crippen LogP contribution in [0.3, 0.4) is 0 Å². The minimum atomic E-state index is 0.0109. The van der Waals surface area contributed by atoms with E-state index in [0.717, 1.165) is 18.5 Å². The van der Waals surface area contributed by atoms with Crippen LogP contribution in [-0.2, 0) is 17.9 Å². The zero-order valence-electron chi connectivity index (χ0n) is 15.7. The number of pyridine rings is 1. The second-order valence-electron chi connectivity index (χ2n) is 7.55. The molecular formula is C20H35N2O+. The fourth-order valence-corrected chi connectivity index (χ4v) is 2.98. The standard InChI is InChI=1S/C20H34N2O/c1-6-8-9-10-13-22-14-11-17(12-15-22)16-21-19(23)18(7-2)20(3,4)5/h11-12,14-15,18H,6-10,13,16H2,1-5H3/p+1. The molecule has 1 aromatic heterocycles. The van der Waals surface area contributed by atoms with Gasteiger partial charge in [0.25, 0.3) is 0 Å². The third-order valence-corrected chi connectivity index (χ3v) is 4.47. The topological polar surface area (TPSA) is 33.0 Å². The van der Waals surface area contributed by atoms with Crippen molar-refractivity contribution in [3.05, 3.63) is 30.1 Å². The molecule has 3 nitrogen and oxygen atoms in total. The molecule has 0 aliphatic rings. The summed E-state index contributed by atoms with van der Waals surface area (Å²) in [4.78, 5) is 12.3. The van der Waals surface area contributed by atoms with Gasteiger partial charge in [-0.3, -0.25) is 4.79 Å². The maximum atomic E-state index is 12.3. The van der Waals surface area contributed by atoms with Crippen LogP contribution in [0, 0.1) is 11.3 Å². The number of nitrogens with zero attached hydrogens (tertiary/aromatic N) is 1. The molecule has 0 radical (unpaired) electrons. The Labute approximate surface area is 142 Å². The number of unbranched alkanes of at least 4 members (excludes halogenated alkanes) is 3. The maximum Gasteiger partial charge on any atom is 0.223 e. The molecule has 130 valence electrons. The van der Waals surface area contributed by atoms with Crippen molar-refractivity contribution in [2.75, 3.05) is 0 Å². The van der Waals surface area contributed by atoms with Crippen molar-refractivity contribution in [1.82, 2.24) is 5.32 Å². The number of aromatic nitrogens is 1. The monoisotopic (exact) mass is 319 g/mol. The van der Waals surface area contributed by atoms with Gasteiger partial charge >= 0.3 is 0 Å². The van der Waals surface area contributed by atoms with E-state index in [0.29, 0.717) is 6.54 Å². The summed E-state index contributed by atoms with van der Waals surface area (Å²) in [6, 6.07) is 4.22. The minimum Gasteiger partial charge on any atom is -0.352 e. The van der Waals surface area contributed by atoms with Gasteiger partial charge in [0.15, 0.2) is 12.4 Å². The van der Waals surface area contributed by atoms with E-state index in [9.17, 15) is 4.79 Å². The van der Waals surface area contributed by atoms with E-state index in [1.807, 2.05) is 0 Å². The van der Waals surface area contributed by atoms with Crippen LogP contribution in [0.4, 0.5) is 0 Å². The molecule has 0 aromatic carbocycles. The van der Waals surface area contributed by atoms with Gasteiger partial charge in [-0.2, -0.15) is 0 Å². The molecule has 0 spiro atoms. The molecule has 1 N–H and O–H groups in total. The van der Waals surface area contributed by atoms with Crippen LogP contribution in [0.25, 0.3) is 0 Å². The summed E-state index contributed by atoms with van der Waals surface area (Å²) in [5.41, 5.74) is 1.17. The van der Waals surface area contributed by atoms with Crippen LogP contribution >= 0.6 is 0 Å². The first-order valence-electron chi connectivity index (χ1n) is 9.14. The van der Waals surface area contributed by atoms with E-state index >= 15 is 0 Å². The number of hydrogen-bond donors (Lipinski definition) is 1. The SMILES string of the molecule is CCCCCC[n+]1ccc(CNC(=O)C(CC)C(C)(C)C)cc1. The van der Waals surface area contributed by atoms with E-state index < -0.39 is 0 Å². The third kappa shape index (κ3) is 7.15. The van der Waals surface area contributed by atoms with Crippen molar-refractivity contribution in [2.45, 2.75) is 79.8 Å². The van der Waals surface area contributed by atoms with Crippen molar-refractivity contribution >= 4 is 5.91 Å². The first kappa shape index (κ1) is 19.7. The first-order valence-corrected chi connectivity index (χ1v) is 9.14. The number of amides is 1. The molecule has 1 heterocycles. The van der Waals surface area contributed by atoms with Crippen molar-refractivity contribution in [3.63, 3.8) is 0 Å². The average Bonchev–Trinajstić information content (AvgIpc) is 2.50. The van der Waals surface area contributed by atoms with Gasteiger partial charge in [0.2, 0.25) is 5.91 Å². The van der Waals surface area contributed by atoms with E-state index in [1.165, 1.54) is 25.7 Å². The molecule has 0 aliphatic carbocycles. The summed E-state index contributed by atoms with van der Waals surface area (Å²) >= 11 is 0. The lowest BCUT2D eigenvalue weighted by atomic mass is 9.78. The van der Waals surface area contributed by atoms with Crippen LogP contribution in [-0.4, -0.2) is 5.91 Å². The van der Waals surface area contributed by atoms with Gasteiger partial charge in [0.1, 0.15) is 6.54 Å². The first-order chi connectivity index (χ1) is 10.9. The minimum absolute atomic E-state index is 0.0109. The van der Waals surface area contributed by atoms with Gasteiger partial charge in [-0.05, 0) is 23.8 Å². The summed E-state index contributed by atoms with van der Waals surface area (Å²) < 4.78 is 2.23. The second-order valence-corrected chi connectivity index (χ2v) is 7.55. The normalized spacial score (nSPS) is 12.9. The molecule has 1 aromatic rings. The smallest absolute Gasteiger partial charge is 0.223 e. The van der Waals surface area contributed by atoms with E-state index in [-0.39, 0.29) is 17.2 Å². The summed E-state index contributed by atoms with van der Waals surface area (Å²) in [5, 5.41) is 3.09. The van der Waals surface area contributed by atoms with Gasteiger partial charge in [-0.15, -0.1) is 0 Å². The highest BCUT2D eigenvalue weighted by molar-refractivity contribution is 5.79. The number of nitrogens with one attached hydrogen (secondary N) is 1. The molecule has 1 unspecified atom stereocenters.